The Morgan fingerprint density at radius 2 is 1.71 bits per heavy atom. The second-order valence-corrected chi connectivity index (χ2v) is 7.49. The molecule has 2 aromatic carbocycles. The van der Waals surface area contributed by atoms with Gasteiger partial charge in [-0.2, -0.15) is 5.26 Å². The molecule has 0 unspecified atom stereocenters. The highest BCUT2D eigenvalue weighted by Gasteiger charge is 2.22. The maximum atomic E-state index is 13.2. The van der Waals surface area contributed by atoms with Gasteiger partial charge in [-0.1, -0.05) is 18.2 Å². The van der Waals surface area contributed by atoms with Gasteiger partial charge in [0.1, 0.15) is 5.82 Å². The summed E-state index contributed by atoms with van der Waals surface area (Å²) in [5.41, 5.74) is 1.68. The fourth-order valence-corrected chi connectivity index (χ4v) is 3.75. The molecule has 0 atom stereocenters. The van der Waals surface area contributed by atoms with Crippen LogP contribution in [0.2, 0.25) is 0 Å². The minimum atomic E-state index is -0.264. The van der Waals surface area contributed by atoms with E-state index in [-0.39, 0.29) is 36.9 Å². The van der Waals surface area contributed by atoms with E-state index in [2.05, 4.69) is 11.0 Å². The van der Waals surface area contributed by atoms with E-state index in [1.165, 1.54) is 12.1 Å². The van der Waals surface area contributed by atoms with Crippen LogP contribution in [0.4, 0.5) is 15.8 Å². The minimum Gasteiger partial charge on any atom is -0.370 e. The second-order valence-electron chi connectivity index (χ2n) is 7.49. The molecule has 3 rings (SSSR count). The Bertz CT molecular complexity index is 911. The summed E-state index contributed by atoms with van der Waals surface area (Å²) in [5.74, 6) is -0.459. The van der Waals surface area contributed by atoms with E-state index in [0.717, 1.165) is 24.3 Å². The fraction of sp³-hybridized carbons (Fsp3) is 0.375. The zero-order valence-corrected chi connectivity index (χ0v) is 17.5. The quantitative estimate of drug-likeness (QED) is 0.684. The van der Waals surface area contributed by atoms with Crippen molar-refractivity contribution >= 4 is 23.2 Å². The Balaban J connectivity index is 1.54. The summed E-state index contributed by atoms with van der Waals surface area (Å²) < 4.78 is 13.2. The summed E-state index contributed by atoms with van der Waals surface area (Å²) in [7, 11) is 0. The number of carbonyl (C=O) groups is 2. The zero-order valence-electron chi connectivity index (χ0n) is 17.5. The van der Waals surface area contributed by atoms with Crippen LogP contribution in [0.25, 0.3) is 0 Å². The summed E-state index contributed by atoms with van der Waals surface area (Å²) in [6.07, 6.45) is 1.30. The largest absolute Gasteiger partial charge is 0.370 e. The molecular formula is C24H27FN4O2. The first-order valence-corrected chi connectivity index (χ1v) is 10.6. The molecular weight excluding hydrogens is 395 g/mol. The van der Waals surface area contributed by atoms with Gasteiger partial charge < -0.3 is 14.7 Å². The van der Waals surface area contributed by atoms with Crippen LogP contribution >= 0.6 is 0 Å². The first-order chi connectivity index (χ1) is 15.1. The molecule has 1 aliphatic heterocycles. The van der Waals surface area contributed by atoms with Crippen molar-refractivity contribution in [3.05, 3.63) is 60.4 Å². The number of para-hydroxylation sites is 1. The van der Waals surface area contributed by atoms with Crippen LogP contribution in [0.5, 0.6) is 0 Å². The van der Waals surface area contributed by atoms with Gasteiger partial charge >= 0.3 is 0 Å². The number of rotatable bonds is 7. The number of carbonyl (C=O) groups excluding carboxylic acids is 2. The van der Waals surface area contributed by atoms with Crippen molar-refractivity contribution in [3.8, 4) is 6.07 Å². The molecule has 0 aromatic heterocycles. The van der Waals surface area contributed by atoms with Gasteiger partial charge in [0.15, 0.2) is 0 Å². The monoisotopic (exact) mass is 422 g/mol. The van der Waals surface area contributed by atoms with Crippen molar-refractivity contribution in [1.29, 1.82) is 5.26 Å². The number of nitrogens with zero attached hydrogens (tertiary/aromatic N) is 4. The highest BCUT2D eigenvalue weighted by molar-refractivity contribution is 5.95. The lowest BCUT2D eigenvalue weighted by Gasteiger charge is -2.24. The highest BCUT2D eigenvalue weighted by Crippen LogP contribution is 2.19. The van der Waals surface area contributed by atoms with Crippen LogP contribution < -0.4 is 9.80 Å². The van der Waals surface area contributed by atoms with E-state index in [9.17, 15) is 14.0 Å². The number of halogens is 1. The number of benzene rings is 2. The molecule has 0 N–H and O–H groups in total. The number of hydrogen-bond acceptors (Lipinski definition) is 4. The second kappa shape index (κ2) is 11.1. The molecule has 0 aliphatic carbocycles. The Morgan fingerprint density at radius 3 is 2.42 bits per heavy atom. The van der Waals surface area contributed by atoms with Crippen molar-refractivity contribution < 1.29 is 14.0 Å². The van der Waals surface area contributed by atoms with Gasteiger partial charge in [0.2, 0.25) is 11.8 Å². The molecule has 31 heavy (non-hydrogen) atoms. The van der Waals surface area contributed by atoms with Crippen LogP contribution in [0.3, 0.4) is 0 Å². The van der Waals surface area contributed by atoms with E-state index in [1.807, 2.05) is 30.3 Å². The van der Waals surface area contributed by atoms with Crippen LogP contribution in [0.15, 0.2) is 54.6 Å². The van der Waals surface area contributed by atoms with Gasteiger partial charge in [0.25, 0.3) is 0 Å². The number of anilines is 2. The SMILES string of the molecule is N#CCCN(C(=O)CCC(=O)N1CCCN(c2ccc(F)cc2)CC1)c1ccccc1. The topological polar surface area (TPSA) is 67.6 Å². The Hall–Kier alpha value is -3.40. The lowest BCUT2D eigenvalue weighted by molar-refractivity contribution is -0.133. The van der Waals surface area contributed by atoms with Crippen LogP contribution in [0.1, 0.15) is 25.7 Å². The molecule has 0 saturated carbocycles. The zero-order chi connectivity index (χ0) is 22.1. The number of hydrogen-bond donors (Lipinski definition) is 0. The number of amides is 2. The van der Waals surface area contributed by atoms with Gasteiger partial charge in [0.05, 0.1) is 12.5 Å². The molecule has 162 valence electrons. The average molecular weight is 423 g/mol. The highest BCUT2D eigenvalue weighted by atomic mass is 19.1. The van der Waals surface area contributed by atoms with Crippen LogP contribution in [-0.4, -0.2) is 49.4 Å². The van der Waals surface area contributed by atoms with Gasteiger partial charge in [-0.25, -0.2) is 4.39 Å². The van der Waals surface area contributed by atoms with Crippen molar-refractivity contribution in [3.63, 3.8) is 0 Å². The molecule has 1 fully saturated rings. The molecule has 1 saturated heterocycles. The van der Waals surface area contributed by atoms with E-state index >= 15 is 0 Å². The maximum Gasteiger partial charge on any atom is 0.227 e. The van der Waals surface area contributed by atoms with Crippen LogP contribution in [-0.2, 0) is 9.59 Å². The third kappa shape index (κ3) is 6.29. The molecule has 7 heteroatoms. The molecule has 1 aliphatic rings. The fourth-order valence-electron chi connectivity index (χ4n) is 3.75. The molecule has 2 aromatic rings. The third-order valence-corrected chi connectivity index (χ3v) is 5.41. The summed E-state index contributed by atoms with van der Waals surface area (Å²) in [6.45, 7) is 2.99. The summed E-state index contributed by atoms with van der Waals surface area (Å²) >= 11 is 0. The standard InChI is InChI=1S/C24H27FN4O2/c25-20-8-10-21(11-9-20)27-15-5-16-28(19-18-27)23(30)12-13-24(31)29(17-4-14-26)22-6-2-1-3-7-22/h1-3,6-11H,4-5,12-13,15-19H2. The molecule has 0 bridgehead atoms. The van der Waals surface area contributed by atoms with Gasteiger partial charge in [0, 0.05) is 56.9 Å². The van der Waals surface area contributed by atoms with E-state index in [4.69, 9.17) is 5.26 Å². The molecule has 0 spiro atoms. The smallest absolute Gasteiger partial charge is 0.227 e. The molecule has 1 heterocycles. The van der Waals surface area contributed by atoms with Gasteiger partial charge in [-0.3, -0.25) is 9.59 Å². The predicted octanol–water partition coefficient (Wildman–Crippen LogP) is 3.59. The summed E-state index contributed by atoms with van der Waals surface area (Å²) in [6, 6.07) is 17.7. The number of nitriles is 1. The summed E-state index contributed by atoms with van der Waals surface area (Å²) in [5, 5.41) is 8.90. The Kier molecular flexibility index (Phi) is 7.99. The van der Waals surface area contributed by atoms with Crippen molar-refractivity contribution in [2.75, 3.05) is 42.5 Å². The maximum absolute atomic E-state index is 13.2. The van der Waals surface area contributed by atoms with Gasteiger partial charge in [-0.15, -0.1) is 0 Å². The third-order valence-electron chi connectivity index (χ3n) is 5.41. The van der Waals surface area contributed by atoms with E-state index in [0.29, 0.717) is 26.2 Å². The predicted molar refractivity (Wildman–Crippen MR) is 118 cm³/mol. The lowest BCUT2D eigenvalue weighted by atomic mass is 10.2. The Morgan fingerprint density at radius 1 is 0.968 bits per heavy atom. The average Bonchev–Trinajstić information content (AvgIpc) is 3.05. The van der Waals surface area contributed by atoms with E-state index in [1.54, 1.807) is 21.9 Å². The molecule has 0 radical (unpaired) electrons. The Labute approximate surface area is 182 Å². The van der Waals surface area contributed by atoms with Crippen molar-refractivity contribution in [1.82, 2.24) is 4.90 Å². The normalized spacial score (nSPS) is 13.9. The van der Waals surface area contributed by atoms with Crippen LogP contribution in [0, 0.1) is 17.1 Å². The summed E-state index contributed by atoms with van der Waals surface area (Å²) in [4.78, 5) is 31.1. The first kappa shape index (κ1) is 22.3. The van der Waals surface area contributed by atoms with E-state index < -0.39 is 0 Å². The van der Waals surface area contributed by atoms with Crippen molar-refractivity contribution in [2.45, 2.75) is 25.7 Å². The minimum absolute atomic E-state index is 0.0393. The molecule has 2 amide bonds. The molecule has 6 nitrogen and oxygen atoms in total. The van der Waals surface area contributed by atoms with Gasteiger partial charge in [-0.05, 0) is 42.8 Å². The first-order valence-electron chi connectivity index (χ1n) is 10.6. The lowest BCUT2D eigenvalue weighted by Crippen LogP contribution is -2.37. The van der Waals surface area contributed by atoms with Crippen molar-refractivity contribution in [2.24, 2.45) is 0 Å².